The topological polar surface area (TPSA) is 112 Å². The molecule has 8 nitrogen and oxygen atoms in total. The van der Waals surface area contributed by atoms with Crippen molar-refractivity contribution in [2.45, 2.75) is 45.3 Å². The largest absolute Gasteiger partial charge is 0.444 e. The second-order valence-electron chi connectivity index (χ2n) is 5.67. The number of carbonyl (C=O) groups excluding carboxylic acids is 3. The van der Waals surface area contributed by atoms with Gasteiger partial charge >= 0.3 is 12.3 Å². The van der Waals surface area contributed by atoms with Crippen LogP contribution in [0.1, 0.15) is 33.6 Å². The number of carbonyl (C=O) groups is 3. The van der Waals surface area contributed by atoms with Gasteiger partial charge in [-0.1, -0.05) is 0 Å². The van der Waals surface area contributed by atoms with E-state index in [1.807, 2.05) is 0 Å². The third kappa shape index (κ3) is 8.54. The Hall–Kier alpha value is -2.21. The molecule has 0 aliphatic carbocycles. The Kier molecular flexibility index (Phi) is 7.30. The van der Waals surface area contributed by atoms with Crippen LogP contribution in [-0.4, -0.2) is 59.4 Å². The lowest BCUT2D eigenvalue weighted by Crippen LogP contribution is -2.44. The van der Waals surface area contributed by atoms with Gasteiger partial charge in [0.1, 0.15) is 11.6 Å². The van der Waals surface area contributed by atoms with Crippen molar-refractivity contribution in [3.63, 3.8) is 0 Å². The van der Waals surface area contributed by atoms with Gasteiger partial charge in [-0.2, -0.15) is 4.79 Å². The Morgan fingerprint density at radius 1 is 1.33 bits per heavy atom. The van der Waals surface area contributed by atoms with Crippen molar-refractivity contribution in [3.05, 3.63) is 5.53 Å². The minimum Gasteiger partial charge on any atom is -0.444 e. The summed E-state index contributed by atoms with van der Waals surface area (Å²) in [5.41, 5.74) is 7.70. The van der Waals surface area contributed by atoms with Gasteiger partial charge in [0.25, 0.3) is 5.78 Å². The molecule has 0 saturated carbocycles. The van der Waals surface area contributed by atoms with E-state index in [2.05, 4.69) is 10.1 Å². The van der Waals surface area contributed by atoms with E-state index in [0.29, 0.717) is 6.21 Å². The maximum Gasteiger partial charge on any atom is 0.408 e. The molecule has 0 aromatic heterocycles. The van der Waals surface area contributed by atoms with E-state index in [-0.39, 0.29) is 18.7 Å². The number of hydrogen-bond acceptors (Lipinski definition) is 4. The standard InChI is InChI=1S/C13H22N4O4/c1-13(2,3)21-12(20)16-9(10(18)8-15-14)6-7-11(19)17(4)5/h8-9H,6-7H2,1-5H3,(H,16,20)/t9-/m0/s1. The van der Waals surface area contributed by atoms with Crippen LogP contribution in [0.5, 0.6) is 0 Å². The molecule has 0 fully saturated rings. The van der Waals surface area contributed by atoms with Gasteiger partial charge in [0.05, 0.1) is 0 Å². The van der Waals surface area contributed by atoms with Crippen LogP contribution in [0.25, 0.3) is 5.53 Å². The summed E-state index contributed by atoms with van der Waals surface area (Å²) in [5, 5.41) is 2.37. The van der Waals surface area contributed by atoms with E-state index in [4.69, 9.17) is 10.3 Å². The normalized spacial score (nSPS) is 11.9. The van der Waals surface area contributed by atoms with Gasteiger partial charge in [0.2, 0.25) is 5.91 Å². The summed E-state index contributed by atoms with van der Waals surface area (Å²) >= 11 is 0. The number of ketones is 1. The number of alkyl carbamates (subject to hydrolysis) is 1. The minimum absolute atomic E-state index is 0.0679. The third-order valence-corrected chi connectivity index (χ3v) is 2.37. The van der Waals surface area contributed by atoms with E-state index >= 15 is 0 Å². The molecule has 0 bridgehead atoms. The number of rotatable bonds is 6. The first kappa shape index (κ1) is 18.8. The van der Waals surface area contributed by atoms with E-state index in [0.717, 1.165) is 0 Å². The summed E-state index contributed by atoms with van der Waals surface area (Å²) in [4.78, 5) is 38.9. The predicted octanol–water partition coefficient (Wildman–Crippen LogP) is 0.618. The van der Waals surface area contributed by atoms with Gasteiger partial charge in [-0.05, 0) is 27.2 Å². The zero-order valence-electron chi connectivity index (χ0n) is 13.0. The van der Waals surface area contributed by atoms with Gasteiger partial charge < -0.3 is 20.5 Å². The van der Waals surface area contributed by atoms with Crippen molar-refractivity contribution in [2.75, 3.05) is 14.1 Å². The van der Waals surface area contributed by atoms with Crippen LogP contribution in [0, 0.1) is 0 Å². The first-order valence-electron chi connectivity index (χ1n) is 6.47. The van der Waals surface area contributed by atoms with Gasteiger partial charge in [0, 0.05) is 20.5 Å². The molecule has 1 N–H and O–H groups in total. The Morgan fingerprint density at radius 3 is 2.33 bits per heavy atom. The van der Waals surface area contributed by atoms with Crippen molar-refractivity contribution >= 4 is 24.0 Å². The van der Waals surface area contributed by atoms with Crippen LogP contribution in [0.2, 0.25) is 0 Å². The van der Waals surface area contributed by atoms with E-state index in [1.54, 1.807) is 34.9 Å². The number of amides is 2. The first-order valence-corrected chi connectivity index (χ1v) is 6.47. The van der Waals surface area contributed by atoms with Crippen molar-refractivity contribution in [1.29, 1.82) is 0 Å². The Labute approximate surface area is 124 Å². The maximum absolute atomic E-state index is 11.7. The molecule has 1 atom stereocenters. The molecular weight excluding hydrogens is 276 g/mol. The fourth-order valence-electron chi connectivity index (χ4n) is 1.37. The summed E-state index contributed by atoms with van der Waals surface area (Å²) < 4.78 is 5.05. The molecule has 118 valence electrons. The summed E-state index contributed by atoms with van der Waals surface area (Å²) in [7, 11) is 3.19. The molecule has 0 spiro atoms. The fraction of sp³-hybridized carbons (Fsp3) is 0.692. The van der Waals surface area contributed by atoms with Gasteiger partial charge in [0.15, 0.2) is 0 Å². The lowest BCUT2D eigenvalue weighted by molar-refractivity contribution is -0.129. The van der Waals surface area contributed by atoms with Crippen LogP contribution >= 0.6 is 0 Å². The van der Waals surface area contributed by atoms with Crippen molar-refractivity contribution in [3.8, 4) is 0 Å². The second-order valence-corrected chi connectivity index (χ2v) is 5.67. The molecule has 0 unspecified atom stereocenters. The number of nitrogens with zero attached hydrogens (tertiary/aromatic N) is 3. The van der Waals surface area contributed by atoms with Gasteiger partial charge in [-0.15, -0.1) is 0 Å². The predicted molar refractivity (Wildman–Crippen MR) is 75.8 cm³/mol. The maximum atomic E-state index is 11.7. The lowest BCUT2D eigenvalue weighted by Gasteiger charge is -2.22. The molecule has 0 saturated heterocycles. The molecule has 21 heavy (non-hydrogen) atoms. The van der Waals surface area contributed by atoms with Crippen LogP contribution in [0.15, 0.2) is 0 Å². The van der Waals surface area contributed by atoms with Crippen LogP contribution in [-0.2, 0) is 14.3 Å². The average Bonchev–Trinajstić information content (AvgIpc) is 2.31. The molecule has 0 aromatic rings. The number of ether oxygens (including phenoxy) is 1. The molecular formula is C13H22N4O4. The number of Topliss-reactive ketones (excluding diaryl/α,β-unsaturated/α-hetero) is 1. The summed E-state index contributed by atoms with van der Waals surface area (Å²) in [6, 6.07) is -0.986. The summed E-state index contributed by atoms with van der Waals surface area (Å²) in [5.74, 6) is -0.797. The highest BCUT2D eigenvalue weighted by molar-refractivity contribution is 6.28. The highest BCUT2D eigenvalue weighted by Crippen LogP contribution is 2.08. The molecule has 2 amide bonds. The van der Waals surface area contributed by atoms with Crippen molar-refractivity contribution < 1.29 is 23.9 Å². The Morgan fingerprint density at radius 2 is 1.90 bits per heavy atom. The minimum atomic E-state index is -0.986. The third-order valence-electron chi connectivity index (χ3n) is 2.37. The van der Waals surface area contributed by atoms with Crippen LogP contribution in [0.4, 0.5) is 4.79 Å². The molecule has 8 heteroatoms. The zero-order valence-corrected chi connectivity index (χ0v) is 13.0. The summed E-state index contributed by atoms with van der Waals surface area (Å²) in [6.45, 7) is 5.07. The Bertz CT molecular complexity index is 448. The van der Waals surface area contributed by atoms with E-state index in [9.17, 15) is 14.4 Å². The lowest BCUT2D eigenvalue weighted by atomic mass is 10.1. The SMILES string of the molecule is CN(C)C(=O)CC[C@H](NC(=O)OC(C)(C)C)C(=O)C=[N+]=[N-]. The van der Waals surface area contributed by atoms with E-state index < -0.39 is 23.5 Å². The van der Waals surface area contributed by atoms with Crippen molar-refractivity contribution in [1.82, 2.24) is 10.2 Å². The second kappa shape index (κ2) is 8.16. The fourth-order valence-corrected chi connectivity index (χ4v) is 1.37. The quantitative estimate of drug-likeness (QED) is 0.440. The Balaban J connectivity index is 4.75. The highest BCUT2D eigenvalue weighted by Gasteiger charge is 2.26. The highest BCUT2D eigenvalue weighted by atomic mass is 16.6. The van der Waals surface area contributed by atoms with Gasteiger partial charge in [-0.3, -0.25) is 9.59 Å². The zero-order chi connectivity index (χ0) is 16.6. The van der Waals surface area contributed by atoms with Gasteiger partial charge in [-0.25, -0.2) is 4.79 Å². The summed E-state index contributed by atoms with van der Waals surface area (Å²) in [6.07, 6.45) is 0.0615. The molecule has 0 rings (SSSR count). The molecule has 0 aromatic carbocycles. The van der Waals surface area contributed by atoms with Crippen molar-refractivity contribution in [2.24, 2.45) is 0 Å². The molecule has 0 aliphatic heterocycles. The van der Waals surface area contributed by atoms with Crippen LogP contribution in [0.3, 0.4) is 0 Å². The average molecular weight is 298 g/mol. The monoisotopic (exact) mass is 298 g/mol. The number of nitrogens with one attached hydrogen (secondary N) is 1. The van der Waals surface area contributed by atoms with E-state index in [1.165, 1.54) is 4.90 Å². The smallest absolute Gasteiger partial charge is 0.408 e. The molecule has 0 aliphatic rings. The molecule has 0 heterocycles. The number of hydrogen-bond donors (Lipinski definition) is 1. The van der Waals surface area contributed by atoms with Crippen LogP contribution < -0.4 is 5.32 Å². The molecule has 0 radical (unpaired) electrons. The first-order chi connectivity index (χ1) is 9.56.